The highest BCUT2D eigenvalue weighted by Gasteiger charge is 2.25. The van der Waals surface area contributed by atoms with Crippen molar-refractivity contribution in [2.45, 2.75) is 43.6 Å². The van der Waals surface area contributed by atoms with Gasteiger partial charge in [-0.15, -0.1) is 0 Å². The van der Waals surface area contributed by atoms with Crippen LogP contribution in [-0.4, -0.2) is 51.6 Å². The van der Waals surface area contributed by atoms with Gasteiger partial charge in [0.05, 0.1) is 0 Å². The van der Waals surface area contributed by atoms with Gasteiger partial charge < -0.3 is 9.80 Å². The number of hydrogen-bond donors (Lipinski definition) is 0. The van der Waals surface area contributed by atoms with E-state index in [1.807, 2.05) is 11.8 Å². The molecule has 1 aromatic heterocycles. The summed E-state index contributed by atoms with van der Waals surface area (Å²) in [4.78, 5) is 17.8. The highest BCUT2D eigenvalue weighted by molar-refractivity contribution is 8.00. The van der Waals surface area contributed by atoms with Crippen LogP contribution in [0.15, 0.2) is 0 Å². The fourth-order valence-corrected chi connectivity index (χ4v) is 4.52. The van der Waals surface area contributed by atoms with Crippen LogP contribution >= 0.6 is 23.4 Å². The van der Waals surface area contributed by atoms with Crippen molar-refractivity contribution in [3.8, 4) is 0 Å². The third-order valence-electron chi connectivity index (χ3n) is 3.93. The first kappa shape index (κ1) is 15.2. The van der Waals surface area contributed by atoms with Gasteiger partial charge in [-0.1, -0.05) is 13.8 Å². The van der Waals surface area contributed by atoms with E-state index in [4.69, 9.17) is 11.6 Å². The molecule has 116 valence electrons. The SMILES string of the molecule is CC1CN(c2nc(Cl)nc(N3CCCCC3)n2)CC(C)S1. The van der Waals surface area contributed by atoms with Gasteiger partial charge >= 0.3 is 0 Å². The number of hydrogen-bond acceptors (Lipinski definition) is 6. The van der Waals surface area contributed by atoms with Crippen LogP contribution < -0.4 is 9.80 Å². The molecule has 2 unspecified atom stereocenters. The summed E-state index contributed by atoms with van der Waals surface area (Å²) in [5.74, 6) is 1.47. The van der Waals surface area contributed by atoms with Gasteiger partial charge in [0.25, 0.3) is 0 Å². The standard InChI is InChI=1S/C14H22ClN5S/c1-10-8-20(9-11(2)21-10)14-17-12(15)16-13(18-14)19-6-4-3-5-7-19/h10-11H,3-9H2,1-2H3. The molecule has 3 heterocycles. The van der Waals surface area contributed by atoms with E-state index in [0.717, 1.165) is 38.1 Å². The molecule has 0 radical (unpaired) electrons. The number of anilines is 2. The summed E-state index contributed by atoms with van der Waals surface area (Å²) in [6.45, 7) is 8.47. The summed E-state index contributed by atoms with van der Waals surface area (Å²) in [5.41, 5.74) is 0. The normalized spacial score (nSPS) is 27.0. The van der Waals surface area contributed by atoms with E-state index in [1.165, 1.54) is 19.3 Å². The number of aromatic nitrogens is 3. The second kappa shape index (κ2) is 6.57. The van der Waals surface area contributed by atoms with Crippen molar-refractivity contribution in [3.63, 3.8) is 0 Å². The van der Waals surface area contributed by atoms with Gasteiger partial charge in [0.15, 0.2) is 0 Å². The molecule has 0 saturated carbocycles. The average molecular weight is 328 g/mol. The summed E-state index contributed by atoms with van der Waals surface area (Å²) >= 11 is 8.16. The molecule has 0 aliphatic carbocycles. The molecule has 2 aliphatic rings. The molecule has 3 rings (SSSR count). The number of nitrogens with zero attached hydrogens (tertiary/aromatic N) is 5. The van der Waals surface area contributed by atoms with Crippen LogP contribution in [0.4, 0.5) is 11.9 Å². The topological polar surface area (TPSA) is 45.2 Å². The second-order valence-corrected chi connectivity index (χ2v) is 8.13. The number of thioether (sulfide) groups is 1. The Bertz CT molecular complexity index is 484. The molecule has 0 bridgehead atoms. The van der Waals surface area contributed by atoms with E-state index in [2.05, 4.69) is 38.6 Å². The van der Waals surface area contributed by atoms with Gasteiger partial charge in [0, 0.05) is 36.7 Å². The number of halogens is 1. The molecule has 0 N–H and O–H groups in total. The molecule has 0 spiro atoms. The van der Waals surface area contributed by atoms with Crippen LogP contribution in [0.1, 0.15) is 33.1 Å². The van der Waals surface area contributed by atoms with Crippen molar-refractivity contribution in [2.24, 2.45) is 0 Å². The molecular weight excluding hydrogens is 306 g/mol. The van der Waals surface area contributed by atoms with E-state index >= 15 is 0 Å². The third kappa shape index (κ3) is 3.72. The predicted molar refractivity (Wildman–Crippen MR) is 89.6 cm³/mol. The Labute approximate surface area is 135 Å². The van der Waals surface area contributed by atoms with E-state index in [0.29, 0.717) is 15.8 Å². The summed E-state index contributed by atoms with van der Waals surface area (Å²) in [6.07, 6.45) is 3.70. The average Bonchev–Trinajstić information content (AvgIpc) is 2.46. The zero-order valence-corrected chi connectivity index (χ0v) is 14.2. The Balaban J connectivity index is 1.83. The molecule has 21 heavy (non-hydrogen) atoms. The Morgan fingerprint density at radius 2 is 1.48 bits per heavy atom. The lowest BCUT2D eigenvalue weighted by Gasteiger charge is -2.35. The van der Waals surface area contributed by atoms with Crippen LogP contribution in [0.5, 0.6) is 0 Å². The van der Waals surface area contributed by atoms with Crippen molar-refractivity contribution in [2.75, 3.05) is 36.0 Å². The van der Waals surface area contributed by atoms with Crippen LogP contribution in [0, 0.1) is 0 Å². The zero-order valence-electron chi connectivity index (χ0n) is 12.6. The van der Waals surface area contributed by atoms with Crippen molar-refractivity contribution < 1.29 is 0 Å². The third-order valence-corrected chi connectivity index (χ3v) is 5.32. The fraction of sp³-hybridized carbons (Fsp3) is 0.786. The molecule has 2 fully saturated rings. The first-order valence-electron chi connectivity index (χ1n) is 7.69. The maximum absolute atomic E-state index is 6.14. The van der Waals surface area contributed by atoms with Crippen LogP contribution in [-0.2, 0) is 0 Å². The van der Waals surface area contributed by atoms with Crippen LogP contribution in [0.25, 0.3) is 0 Å². The lowest BCUT2D eigenvalue weighted by Crippen LogP contribution is -2.41. The minimum Gasteiger partial charge on any atom is -0.341 e. The van der Waals surface area contributed by atoms with E-state index < -0.39 is 0 Å². The number of rotatable bonds is 2. The molecular formula is C14H22ClN5S. The predicted octanol–water partition coefficient (Wildman–Crippen LogP) is 2.85. The smallest absolute Gasteiger partial charge is 0.231 e. The first-order valence-corrected chi connectivity index (χ1v) is 9.01. The van der Waals surface area contributed by atoms with Crippen LogP contribution in [0.2, 0.25) is 5.28 Å². The fourth-order valence-electron chi connectivity index (χ4n) is 3.05. The highest BCUT2D eigenvalue weighted by Crippen LogP contribution is 2.28. The van der Waals surface area contributed by atoms with Gasteiger partial charge in [-0.05, 0) is 30.9 Å². The highest BCUT2D eigenvalue weighted by atomic mass is 35.5. The Hall–Kier alpha value is -0.750. The maximum atomic E-state index is 6.14. The Morgan fingerprint density at radius 3 is 2.10 bits per heavy atom. The largest absolute Gasteiger partial charge is 0.341 e. The second-order valence-electron chi connectivity index (χ2n) is 5.91. The molecule has 2 atom stereocenters. The Kier molecular flexibility index (Phi) is 4.74. The van der Waals surface area contributed by atoms with E-state index in [9.17, 15) is 0 Å². The lowest BCUT2D eigenvalue weighted by molar-refractivity contribution is 0.566. The molecule has 0 amide bonds. The van der Waals surface area contributed by atoms with E-state index in [-0.39, 0.29) is 0 Å². The summed E-state index contributed by atoms with van der Waals surface area (Å²) in [6, 6.07) is 0. The van der Waals surface area contributed by atoms with Crippen molar-refractivity contribution in [1.82, 2.24) is 15.0 Å². The van der Waals surface area contributed by atoms with Gasteiger partial charge in [-0.3, -0.25) is 0 Å². The van der Waals surface area contributed by atoms with Gasteiger partial charge in [-0.25, -0.2) is 0 Å². The lowest BCUT2D eigenvalue weighted by atomic mass is 10.1. The molecule has 1 aromatic rings. The molecule has 7 heteroatoms. The summed E-state index contributed by atoms with van der Waals surface area (Å²) in [5, 5.41) is 1.48. The van der Waals surface area contributed by atoms with Crippen molar-refractivity contribution >= 4 is 35.3 Å². The van der Waals surface area contributed by atoms with Crippen LogP contribution in [0.3, 0.4) is 0 Å². The minimum absolute atomic E-state index is 0.305. The van der Waals surface area contributed by atoms with Crippen molar-refractivity contribution in [1.29, 1.82) is 0 Å². The monoisotopic (exact) mass is 327 g/mol. The molecule has 2 saturated heterocycles. The Morgan fingerprint density at radius 1 is 0.905 bits per heavy atom. The van der Waals surface area contributed by atoms with Gasteiger partial charge in [0.2, 0.25) is 17.2 Å². The zero-order chi connectivity index (χ0) is 14.8. The van der Waals surface area contributed by atoms with E-state index in [1.54, 1.807) is 0 Å². The molecule has 2 aliphatic heterocycles. The van der Waals surface area contributed by atoms with Gasteiger partial charge in [-0.2, -0.15) is 26.7 Å². The van der Waals surface area contributed by atoms with Crippen molar-refractivity contribution in [3.05, 3.63) is 5.28 Å². The maximum Gasteiger partial charge on any atom is 0.231 e. The quantitative estimate of drug-likeness (QED) is 0.832. The molecule has 0 aromatic carbocycles. The summed E-state index contributed by atoms with van der Waals surface area (Å²) in [7, 11) is 0. The molecule has 5 nitrogen and oxygen atoms in total. The summed E-state index contributed by atoms with van der Waals surface area (Å²) < 4.78 is 0. The number of piperidine rings is 1. The van der Waals surface area contributed by atoms with Gasteiger partial charge in [0.1, 0.15) is 0 Å². The first-order chi connectivity index (χ1) is 10.1. The minimum atomic E-state index is 0.305.